The van der Waals surface area contributed by atoms with Crippen LogP contribution in [0.5, 0.6) is 5.75 Å². The molecule has 0 aliphatic rings. The van der Waals surface area contributed by atoms with E-state index in [0.717, 1.165) is 22.1 Å². The molecule has 0 unspecified atom stereocenters. The molecule has 2 N–H and O–H groups in total. The maximum Gasteiger partial charge on any atom is 0.191 e. The van der Waals surface area contributed by atoms with Gasteiger partial charge in [0.05, 0.1) is 19.3 Å². The highest BCUT2D eigenvalue weighted by molar-refractivity contribution is 14.0. The predicted molar refractivity (Wildman–Crippen MR) is 117 cm³/mol. The number of hydrogen-bond acceptors (Lipinski definition) is 5. The van der Waals surface area contributed by atoms with E-state index >= 15 is 0 Å². The van der Waals surface area contributed by atoms with Gasteiger partial charge >= 0.3 is 0 Å². The van der Waals surface area contributed by atoms with Crippen molar-refractivity contribution < 1.29 is 4.74 Å². The Bertz CT molecular complexity index is 708. The Kier molecular flexibility index (Phi) is 9.30. The minimum absolute atomic E-state index is 0. The number of benzene rings is 1. The van der Waals surface area contributed by atoms with Crippen LogP contribution in [0.2, 0.25) is 5.02 Å². The zero-order valence-electron chi connectivity index (χ0n) is 14.7. The number of aliphatic imine (C=N–C) groups is 1. The van der Waals surface area contributed by atoms with Crippen LogP contribution < -0.4 is 20.3 Å². The van der Waals surface area contributed by atoms with E-state index in [9.17, 15) is 0 Å². The highest BCUT2D eigenvalue weighted by Crippen LogP contribution is 2.22. The van der Waals surface area contributed by atoms with Gasteiger partial charge in [-0.25, -0.2) is 4.98 Å². The van der Waals surface area contributed by atoms with E-state index in [1.807, 2.05) is 36.5 Å². The van der Waals surface area contributed by atoms with Gasteiger partial charge in [0.1, 0.15) is 5.75 Å². The van der Waals surface area contributed by atoms with Gasteiger partial charge in [-0.3, -0.25) is 4.99 Å². The molecule has 138 valence electrons. The van der Waals surface area contributed by atoms with Crippen LogP contribution >= 0.6 is 46.9 Å². The third-order valence-electron chi connectivity index (χ3n) is 3.28. The molecule has 0 aliphatic heterocycles. The number of nitrogens with one attached hydrogen (secondary N) is 2. The van der Waals surface area contributed by atoms with Gasteiger partial charge in [0.25, 0.3) is 0 Å². The van der Waals surface area contributed by atoms with E-state index in [1.165, 1.54) is 0 Å². The van der Waals surface area contributed by atoms with Crippen LogP contribution in [0.15, 0.2) is 28.6 Å². The number of guanidine groups is 1. The van der Waals surface area contributed by atoms with Crippen molar-refractivity contribution in [2.24, 2.45) is 4.99 Å². The van der Waals surface area contributed by atoms with Gasteiger partial charge in [0.15, 0.2) is 11.1 Å². The molecular formula is C16H23ClIN5OS. The molecule has 0 saturated carbocycles. The van der Waals surface area contributed by atoms with Crippen LogP contribution in [-0.4, -0.2) is 39.2 Å². The Labute approximate surface area is 174 Å². The Balaban J connectivity index is 0.00000312. The molecule has 0 radical (unpaired) electrons. The summed E-state index contributed by atoms with van der Waals surface area (Å²) in [4.78, 5) is 10.8. The van der Waals surface area contributed by atoms with Crippen molar-refractivity contribution in [2.45, 2.75) is 13.1 Å². The molecule has 0 fully saturated rings. The smallest absolute Gasteiger partial charge is 0.191 e. The molecule has 0 saturated heterocycles. The van der Waals surface area contributed by atoms with Gasteiger partial charge in [-0.15, -0.1) is 35.3 Å². The van der Waals surface area contributed by atoms with Crippen LogP contribution in [0.3, 0.4) is 0 Å². The number of anilines is 1. The summed E-state index contributed by atoms with van der Waals surface area (Å²) < 4.78 is 5.35. The Hall–Kier alpha value is -1.26. The number of thiazole rings is 1. The fourth-order valence-corrected chi connectivity index (χ4v) is 2.94. The van der Waals surface area contributed by atoms with Gasteiger partial charge in [0.2, 0.25) is 0 Å². The third-order valence-corrected chi connectivity index (χ3v) is 4.57. The van der Waals surface area contributed by atoms with Crippen LogP contribution in [0.4, 0.5) is 5.13 Å². The van der Waals surface area contributed by atoms with E-state index in [2.05, 4.69) is 20.6 Å². The molecule has 2 rings (SSSR count). The first-order chi connectivity index (χ1) is 11.5. The van der Waals surface area contributed by atoms with Crippen molar-refractivity contribution in [3.63, 3.8) is 0 Å². The molecule has 1 heterocycles. The van der Waals surface area contributed by atoms with Crippen molar-refractivity contribution >= 4 is 58.0 Å². The maximum absolute atomic E-state index is 5.98. The van der Waals surface area contributed by atoms with Crippen LogP contribution in [0.25, 0.3) is 0 Å². The number of hydrogen-bond donors (Lipinski definition) is 2. The molecule has 0 spiro atoms. The average Bonchev–Trinajstić information content (AvgIpc) is 3.05. The first-order valence-corrected chi connectivity index (χ1v) is 8.68. The lowest BCUT2D eigenvalue weighted by atomic mass is 10.2. The van der Waals surface area contributed by atoms with E-state index in [0.29, 0.717) is 24.1 Å². The average molecular weight is 496 g/mol. The minimum Gasteiger partial charge on any atom is -0.496 e. The van der Waals surface area contributed by atoms with Crippen molar-refractivity contribution in [3.8, 4) is 5.75 Å². The van der Waals surface area contributed by atoms with Gasteiger partial charge in [-0.2, -0.15) is 0 Å². The topological polar surface area (TPSA) is 61.8 Å². The summed E-state index contributed by atoms with van der Waals surface area (Å²) in [5.41, 5.74) is 1.99. The first kappa shape index (κ1) is 21.8. The molecule has 0 aliphatic carbocycles. The van der Waals surface area contributed by atoms with Gasteiger partial charge in [-0.1, -0.05) is 17.7 Å². The SMILES string of the molecule is CN=C(NCc1csc(N(C)C)n1)NCc1ccc(Cl)cc1OC.I. The quantitative estimate of drug-likeness (QED) is 0.366. The molecule has 1 aromatic heterocycles. The van der Waals surface area contributed by atoms with Crippen LogP contribution in [-0.2, 0) is 13.1 Å². The second-order valence-corrected chi connectivity index (χ2v) is 6.52. The summed E-state index contributed by atoms with van der Waals surface area (Å²) in [5.74, 6) is 1.45. The lowest BCUT2D eigenvalue weighted by molar-refractivity contribution is 0.409. The molecular weight excluding hydrogens is 473 g/mol. The number of ether oxygens (including phenoxy) is 1. The van der Waals surface area contributed by atoms with E-state index in [4.69, 9.17) is 16.3 Å². The molecule has 0 atom stereocenters. The number of aromatic nitrogens is 1. The van der Waals surface area contributed by atoms with Crippen LogP contribution in [0, 0.1) is 0 Å². The molecule has 0 amide bonds. The van der Waals surface area contributed by atoms with E-state index in [-0.39, 0.29) is 24.0 Å². The second-order valence-electron chi connectivity index (χ2n) is 5.25. The van der Waals surface area contributed by atoms with E-state index < -0.39 is 0 Å². The number of methoxy groups -OCH3 is 1. The van der Waals surface area contributed by atoms with Gasteiger partial charge in [0, 0.05) is 43.7 Å². The van der Waals surface area contributed by atoms with E-state index in [1.54, 1.807) is 31.6 Å². The summed E-state index contributed by atoms with van der Waals surface area (Å²) in [6.07, 6.45) is 0. The fourth-order valence-electron chi connectivity index (χ4n) is 2.02. The van der Waals surface area contributed by atoms with Gasteiger partial charge < -0.3 is 20.3 Å². The number of halogens is 2. The Morgan fingerprint density at radius 1 is 1.32 bits per heavy atom. The summed E-state index contributed by atoms with van der Waals surface area (Å²) in [5, 5.41) is 10.2. The highest BCUT2D eigenvalue weighted by Gasteiger charge is 2.07. The molecule has 0 bridgehead atoms. The number of rotatable bonds is 6. The summed E-state index contributed by atoms with van der Waals surface area (Å²) in [6, 6.07) is 5.58. The third kappa shape index (κ3) is 6.52. The standard InChI is InChI=1S/C16H22ClN5OS.HI/c1-18-15(20-9-13-10-24-16(21-13)22(2)3)19-8-11-5-6-12(17)7-14(11)23-4;/h5-7,10H,8-9H2,1-4H3,(H2,18,19,20);1H. The van der Waals surface area contributed by atoms with Crippen molar-refractivity contribution in [3.05, 3.63) is 39.9 Å². The summed E-state index contributed by atoms with van der Waals surface area (Å²) >= 11 is 7.60. The largest absolute Gasteiger partial charge is 0.496 e. The molecule has 1 aromatic carbocycles. The molecule has 2 aromatic rings. The predicted octanol–water partition coefficient (Wildman–Crippen LogP) is 3.35. The normalized spacial score (nSPS) is 10.8. The first-order valence-electron chi connectivity index (χ1n) is 7.42. The van der Waals surface area contributed by atoms with Crippen LogP contribution in [0.1, 0.15) is 11.3 Å². The minimum atomic E-state index is 0. The van der Waals surface area contributed by atoms with Gasteiger partial charge in [-0.05, 0) is 12.1 Å². The highest BCUT2D eigenvalue weighted by atomic mass is 127. The zero-order valence-corrected chi connectivity index (χ0v) is 18.6. The Morgan fingerprint density at radius 2 is 2.04 bits per heavy atom. The fraction of sp³-hybridized carbons (Fsp3) is 0.375. The summed E-state index contributed by atoms with van der Waals surface area (Å²) in [6.45, 7) is 1.20. The summed E-state index contributed by atoms with van der Waals surface area (Å²) in [7, 11) is 7.33. The monoisotopic (exact) mass is 495 g/mol. The molecule has 25 heavy (non-hydrogen) atoms. The lowest BCUT2D eigenvalue weighted by Crippen LogP contribution is -2.36. The lowest BCUT2D eigenvalue weighted by Gasteiger charge is -2.13. The second kappa shape index (κ2) is 10.7. The molecule has 9 heteroatoms. The molecule has 6 nitrogen and oxygen atoms in total. The van der Waals surface area contributed by atoms with Crippen molar-refractivity contribution in [2.75, 3.05) is 33.2 Å². The maximum atomic E-state index is 5.98. The number of nitrogens with zero attached hydrogens (tertiary/aromatic N) is 3. The van der Waals surface area contributed by atoms with Crippen molar-refractivity contribution in [1.82, 2.24) is 15.6 Å². The van der Waals surface area contributed by atoms with Crippen molar-refractivity contribution in [1.29, 1.82) is 0 Å². The Morgan fingerprint density at radius 3 is 2.64 bits per heavy atom. The zero-order chi connectivity index (χ0) is 17.5.